The summed E-state index contributed by atoms with van der Waals surface area (Å²) < 4.78 is 39.4. The summed E-state index contributed by atoms with van der Waals surface area (Å²) in [6, 6.07) is 9.61. The number of benzene rings is 2. The second-order valence-corrected chi connectivity index (χ2v) is 6.96. The topological polar surface area (TPSA) is 75.3 Å². The molecule has 0 aliphatic heterocycles. The minimum atomic E-state index is -3.86. The van der Waals surface area contributed by atoms with Gasteiger partial charge >= 0.3 is 0 Å². The first-order valence-corrected chi connectivity index (χ1v) is 8.45. The van der Waals surface area contributed by atoms with Crippen molar-refractivity contribution in [1.82, 2.24) is 4.72 Å². The molecule has 0 saturated heterocycles. The lowest BCUT2D eigenvalue weighted by Crippen LogP contribution is -2.33. The molecule has 2 N–H and O–H groups in total. The van der Waals surface area contributed by atoms with Crippen LogP contribution in [0.4, 0.5) is 10.1 Å². The summed E-state index contributed by atoms with van der Waals surface area (Å²) >= 11 is 5.80. The zero-order chi connectivity index (χ0) is 17.0. The summed E-state index contributed by atoms with van der Waals surface area (Å²) in [6.07, 6.45) is 0. The first-order valence-electron chi connectivity index (χ1n) is 6.59. The molecule has 5 nitrogen and oxygen atoms in total. The van der Waals surface area contributed by atoms with Crippen LogP contribution in [0.5, 0.6) is 0 Å². The van der Waals surface area contributed by atoms with E-state index in [9.17, 15) is 17.6 Å². The molecule has 8 heteroatoms. The number of hydrogen-bond donors (Lipinski definition) is 2. The average Bonchev–Trinajstić information content (AvgIpc) is 2.50. The van der Waals surface area contributed by atoms with E-state index < -0.39 is 28.3 Å². The van der Waals surface area contributed by atoms with E-state index in [1.165, 1.54) is 30.3 Å². The maximum atomic E-state index is 12.8. The van der Waals surface area contributed by atoms with Gasteiger partial charge in [0.2, 0.25) is 15.9 Å². The Kier molecular flexibility index (Phi) is 5.35. The highest BCUT2D eigenvalue weighted by atomic mass is 35.5. The van der Waals surface area contributed by atoms with Gasteiger partial charge in [-0.15, -0.1) is 0 Å². The first-order chi connectivity index (χ1) is 10.8. The molecule has 2 aromatic carbocycles. The second kappa shape index (κ2) is 7.08. The number of nitrogens with one attached hydrogen (secondary N) is 2. The van der Waals surface area contributed by atoms with Gasteiger partial charge in [0.1, 0.15) is 5.82 Å². The maximum absolute atomic E-state index is 12.8. The van der Waals surface area contributed by atoms with Crippen molar-refractivity contribution in [3.05, 3.63) is 58.9 Å². The second-order valence-electron chi connectivity index (χ2n) is 4.79. The van der Waals surface area contributed by atoms with Crippen molar-refractivity contribution in [3.8, 4) is 0 Å². The van der Waals surface area contributed by atoms with Crippen molar-refractivity contribution in [1.29, 1.82) is 0 Å². The SMILES string of the molecule is Cc1ccc(Cl)cc1S(=O)(=O)NCC(=O)Nc1ccc(F)cc1. The van der Waals surface area contributed by atoms with E-state index in [0.29, 0.717) is 11.3 Å². The summed E-state index contributed by atoms with van der Waals surface area (Å²) in [6.45, 7) is 1.18. The highest BCUT2D eigenvalue weighted by molar-refractivity contribution is 7.89. The van der Waals surface area contributed by atoms with E-state index in [1.54, 1.807) is 19.1 Å². The molecule has 0 saturated carbocycles. The molecule has 0 atom stereocenters. The molecule has 0 heterocycles. The lowest BCUT2D eigenvalue weighted by molar-refractivity contribution is -0.115. The van der Waals surface area contributed by atoms with E-state index in [0.717, 1.165) is 0 Å². The molecule has 2 aromatic rings. The van der Waals surface area contributed by atoms with Crippen LogP contribution in [0.15, 0.2) is 47.4 Å². The number of anilines is 1. The monoisotopic (exact) mass is 356 g/mol. The number of rotatable bonds is 5. The number of carbonyl (C=O) groups is 1. The summed E-state index contributed by atoms with van der Waals surface area (Å²) in [7, 11) is -3.86. The average molecular weight is 357 g/mol. The highest BCUT2D eigenvalue weighted by Gasteiger charge is 2.18. The fourth-order valence-electron chi connectivity index (χ4n) is 1.84. The van der Waals surface area contributed by atoms with E-state index in [-0.39, 0.29) is 9.92 Å². The zero-order valence-electron chi connectivity index (χ0n) is 12.1. The van der Waals surface area contributed by atoms with Gasteiger partial charge < -0.3 is 5.32 Å². The van der Waals surface area contributed by atoms with Crippen LogP contribution in [-0.2, 0) is 14.8 Å². The highest BCUT2D eigenvalue weighted by Crippen LogP contribution is 2.19. The van der Waals surface area contributed by atoms with E-state index in [2.05, 4.69) is 10.0 Å². The largest absolute Gasteiger partial charge is 0.325 e. The Labute approximate surface area is 138 Å². The zero-order valence-corrected chi connectivity index (χ0v) is 13.7. The van der Waals surface area contributed by atoms with Crippen molar-refractivity contribution < 1.29 is 17.6 Å². The van der Waals surface area contributed by atoms with Gasteiger partial charge in [-0.2, -0.15) is 0 Å². The van der Waals surface area contributed by atoms with Crippen LogP contribution >= 0.6 is 11.6 Å². The lowest BCUT2D eigenvalue weighted by atomic mass is 10.2. The molecule has 0 aliphatic rings. The van der Waals surface area contributed by atoms with Gasteiger partial charge in [-0.1, -0.05) is 17.7 Å². The van der Waals surface area contributed by atoms with Gasteiger partial charge in [0.05, 0.1) is 11.4 Å². The van der Waals surface area contributed by atoms with Gasteiger partial charge in [-0.3, -0.25) is 4.79 Å². The molecule has 23 heavy (non-hydrogen) atoms. The normalized spacial score (nSPS) is 11.3. The molecule has 0 bridgehead atoms. The molecule has 0 radical (unpaired) electrons. The van der Waals surface area contributed by atoms with Crippen molar-refractivity contribution >= 4 is 33.2 Å². The van der Waals surface area contributed by atoms with Crippen LogP contribution in [-0.4, -0.2) is 20.9 Å². The first kappa shape index (κ1) is 17.4. The molecular weight excluding hydrogens is 343 g/mol. The van der Waals surface area contributed by atoms with Crippen molar-refractivity contribution in [2.45, 2.75) is 11.8 Å². The van der Waals surface area contributed by atoms with Crippen LogP contribution < -0.4 is 10.0 Å². The summed E-state index contributed by atoms with van der Waals surface area (Å²) in [5.74, 6) is -1.00. The number of hydrogen-bond acceptors (Lipinski definition) is 3. The molecule has 0 unspecified atom stereocenters. The van der Waals surface area contributed by atoms with Gasteiger partial charge in [0.15, 0.2) is 0 Å². The van der Waals surface area contributed by atoms with Gasteiger partial charge in [0, 0.05) is 10.7 Å². The Morgan fingerprint density at radius 2 is 1.83 bits per heavy atom. The number of sulfonamides is 1. The molecular formula is C15H14ClFN2O3S. The minimum absolute atomic E-state index is 0.0135. The third kappa shape index (κ3) is 4.75. The van der Waals surface area contributed by atoms with E-state index >= 15 is 0 Å². The smallest absolute Gasteiger partial charge is 0.241 e. The minimum Gasteiger partial charge on any atom is -0.325 e. The number of aryl methyl sites for hydroxylation is 1. The van der Waals surface area contributed by atoms with Crippen LogP contribution in [0.3, 0.4) is 0 Å². The summed E-state index contributed by atoms with van der Waals surface area (Å²) in [5, 5.41) is 2.74. The fraction of sp³-hybridized carbons (Fsp3) is 0.133. The summed E-state index contributed by atoms with van der Waals surface area (Å²) in [4.78, 5) is 11.8. The third-order valence-electron chi connectivity index (χ3n) is 2.99. The standard InChI is InChI=1S/C15H14ClFN2O3S/c1-10-2-3-11(16)8-14(10)23(21,22)18-9-15(20)19-13-6-4-12(17)5-7-13/h2-8,18H,9H2,1H3,(H,19,20). The molecule has 1 amide bonds. The van der Waals surface area contributed by atoms with Crippen molar-refractivity contribution in [2.24, 2.45) is 0 Å². The fourth-order valence-corrected chi connectivity index (χ4v) is 3.33. The molecule has 2 rings (SSSR count). The van der Waals surface area contributed by atoms with Crippen molar-refractivity contribution in [2.75, 3.05) is 11.9 Å². The van der Waals surface area contributed by atoms with Gasteiger partial charge in [-0.25, -0.2) is 17.5 Å². The Bertz CT molecular complexity index is 823. The molecule has 0 aromatic heterocycles. The predicted molar refractivity (Wildman–Crippen MR) is 86.4 cm³/mol. The lowest BCUT2D eigenvalue weighted by Gasteiger charge is -2.10. The number of carbonyl (C=O) groups excluding carboxylic acids is 1. The predicted octanol–water partition coefficient (Wildman–Crippen LogP) is 2.70. The Morgan fingerprint density at radius 3 is 2.48 bits per heavy atom. The van der Waals surface area contributed by atoms with E-state index in [4.69, 9.17) is 11.6 Å². The van der Waals surface area contributed by atoms with E-state index in [1.807, 2.05) is 0 Å². The van der Waals surface area contributed by atoms with Crippen LogP contribution in [0, 0.1) is 12.7 Å². The molecule has 0 fully saturated rings. The quantitative estimate of drug-likeness (QED) is 0.864. The maximum Gasteiger partial charge on any atom is 0.241 e. The molecule has 0 spiro atoms. The third-order valence-corrected chi connectivity index (χ3v) is 4.77. The Morgan fingerprint density at radius 1 is 1.17 bits per heavy atom. The summed E-state index contributed by atoms with van der Waals surface area (Å²) in [5.41, 5.74) is 0.885. The van der Waals surface area contributed by atoms with Crippen LogP contribution in [0.25, 0.3) is 0 Å². The number of halogens is 2. The van der Waals surface area contributed by atoms with Gasteiger partial charge in [0.25, 0.3) is 0 Å². The Balaban J connectivity index is 2.02. The molecule has 122 valence electrons. The van der Waals surface area contributed by atoms with Crippen LogP contribution in [0.2, 0.25) is 5.02 Å². The Hall–Kier alpha value is -1.96. The van der Waals surface area contributed by atoms with Crippen LogP contribution in [0.1, 0.15) is 5.56 Å². The van der Waals surface area contributed by atoms with Crippen molar-refractivity contribution in [3.63, 3.8) is 0 Å². The van der Waals surface area contributed by atoms with Gasteiger partial charge in [-0.05, 0) is 48.9 Å². The number of amides is 1. The molecule has 0 aliphatic carbocycles.